The van der Waals surface area contributed by atoms with E-state index in [0.29, 0.717) is 5.75 Å². The van der Waals surface area contributed by atoms with E-state index in [1.54, 1.807) is 0 Å². The lowest BCUT2D eigenvalue weighted by molar-refractivity contribution is 0.220. The zero-order valence-corrected chi connectivity index (χ0v) is 23.9. The summed E-state index contributed by atoms with van der Waals surface area (Å²) in [5.41, 5.74) is 4.59. The van der Waals surface area contributed by atoms with Gasteiger partial charge in [0.15, 0.2) is 0 Å². The molecule has 0 radical (unpaired) electrons. The Kier molecular flexibility index (Phi) is 8.41. The minimum absolute atomic E-state index is 0.122. The Morgan fingerprint density at radius 2 is 1.31 bits per heavy atom. The maximum absolute atomic E-state index is 12.8. The summed E-state index contributed by atoms with van der Waals surface area (Å²) in [4.78, 5) is 12.8. The van der Waals surface area contributed by atoms with Crippen LogP contribution in [0.25, 0.3) is 0 Å². The Bertz CT molecular complexity index is 996. The van der Waals surface area contributed by atoms with Gasteiger partial charge in [0, 0.05) is 11.2 Å². The lowest BCUT2D eigenvalue weighted by atomic mass is 9.78. The molecule has 0 aliphatic carbocycles. The molecule has 0 unspecified atom stereocenters. The van der Waals surface area contributed by atoms with Crippen LogP contribution in [0.15, 0.2) is 36.4 Å². The molecule has 0 spiro atoms. The molecule has 0 atom stereocenters. The molecule has 0 fully saturated rings. The van der Waals surface area contributed by atoms with E-state index in [9.17, 15) is 9.90 Å². The molecule has 4 heteroatoms. The molecule has 0 aliphatic heterocycles. The van der Waals surface area contributed by atoms with Crippen LogP contribution in [0.3, 0.4) is 0 Å². The second kappa shape index (κ2) is 10.2. The summed E-state index contributed by atoms with van der Waals surface area (Å²) in [6.07, 6.45) is 2.49. The van der Waals surface area contributed by atoms with Gasteiger partial charge in [-0.3, -0.25) is 0 Å². The van der Waals surface area contributed by atoms with Crippen LogP contribution in [0.1, 0.15) is 105 Å². The summed E-state index contributed by atoms with van der Waals surface area (Å²) in [6.45, 7) is 23.5. The number of phenols is 1. The predicted octanol–water partition coefficient (Wildman–Crippen LogP) is 8.11. The Balaban J connectivity index is 2.24. The van der Waals surface area contributed by atoms with E-state index in [1.165, 1.54) is 5.56 Å². The van der Waals surface area contributed by atoms with Crippen molar-refractivity contribution < 1.29 is 9.90 Å². The molecule has 0 heterocycles. The molecular weight excluding hydrogens is 432 g/mol. The average Bonchev–Trinajstić information content (AvgIpc) is 2.63. The number of hydrogen-bond donors (Lipinski definition) is 3. The van der Waals surface area contributed by atoms with E-state index in [2.05, 4.69) is 105 Å². The molecule has 4 nitrogen and oxygen atoms in total. The maximum Gasteiger partial charge on any atom is 0.319 e. The topological polar surface area (TPSA) is 61.4 Å². The quantitative estimate of drug-likeness (QED) is 0.391. The Morgan fingerprint density at radius 3 is 1.80 bits per heavy atom. The number of carbonyl (C=O) groups is 1. The molecular formula is C31H48N2O2. The van der Waals surface area contributed by atoms with E-state index in [0.717, 1.165) is 41.6 Å². The number of aromatic hydroxyl groups is 1. The van der Waals surface area contributed by atoms with Crippen molar-refractivity contribution in [3.8, 4) is 5.75 Å². The van der Waals surface area contributed by atoms with Gasteiger partial charge in [0.2, 0.25) is 0 Å². The molecule has 3 N–H and O–H groups in total. The van der Waals surface area contributed by atoms with Crippen LogP contribution in [-0.2, 0) is 23.7 Å². The Morgan fingerprint density at radius 1 is 0.800 bits per heavy atom. The molecule has 2 rings (SSSR count). The number of hydrogen-bond acceptors (Lipinski definition) is 2. The first-order chi connectivity index (χ1) is 15.8. The zero-order chi connectivity index (χ0) is 26.8. The fraction of sp³-hybridized carbons (Fsp3) is 0.581. The predicted molar refractivity (Wildman–Crippen MR) is 150 cm³/mol. The van der Waals surface area contributed by atoms with Crippen molar-refractivity contribution in [3.63, 3.8) is 0 Å². The smallest absolute Gasteiger partial charge is 0.319 e. The van der Waals surface area contributed by atoms with Gasteiger partial charge in [-0.15, -0.1) is 0 Å². The first kappa shape index (κ1) is 28.7. The number of urea groups is 1. The van der Waals surface area contributed by atoms with Gasteiger partial charge in [0.25, 0.3) is 0 Å². The zero-order valence-electron chi connectivity index (χ0n) is 23.9. The van der Waals surface area contributed by atoms with Crippen LogP contribution >= 0.6 is 0 Å². The lowest BCUT2D eigenvalue weighted by Crippen LogP contribution is -2.47. The van der Waals surface area contributed by atoms with Gasteiger partial charge < -0.3 is 15.7 Å². The fourth-order valence-corrected chi connectivity index (χ4v) is 4.95. The molecule has 2 aromatic carbocycles. The van der Waals surface area contributed by atoms with Crippen LogP contribution in [-0.4, -0.2) is 16.7 Å². The molecule has 0 aliphatic rings. The number of para-hydroxylation sites is 1. The molecule has 0 saturated carbocycles. The largest absolute Gasteiger partial charge is 0.507 e. The van der Waals surface area contributed by atoms with E-state index in [1.807, 2.05) is 18.2 Å². The number of phenolic OH excluding ortho intramolecular Hbond substituents is 1. The fourth-order valence-electron chi connectivity index (χ4n) is 4.95. The van der Waals surface area contributed by atoms with Gasteiger partial charge in [-0.2, -0.15) is 0 Å². The number of carbonyl (C=O) groups excluding carboxylic acids is 1. The highest BCUT2D eigenvalue weighted by Crippen LogP contribution is 2.40. The lowest BCUT2D eigenvalue weighted by Gasteiger charge is -2.33. The third kappa shape index (κ3) is 8.59. The normalized spacial score (nSPS) is 13.0. The highest BCUT2D eigenvalue weighted by Gasteiger charge is 2.28. The summed E-state index contributed by atoms with van der Waals surface area (Å²) >= 11 is 0. The summed E-state index contributed by atoms with van der Waals surface area (Å²) in [5.74, 6) is 0.408. The van der Waals surface area contributed by atoms with Crippen LogP contribution in [0, 0.1) is 5.41 Å². The van der Waals surface area contributed by atoms with Crippen molar-refractivity contribution in [2.75, 3.05) is 5.32 Å². The van der Waals surface area contributed by atoms with Gasteiger partial charge in [0.1, 0.15) is 5.75 Å². The number of rotatable bonds is 6. The minimum atomic E-state index is -0.309. The van der Waals surface area contributed by atoms with Crippen LogP contribution < -0.4 is 10.6 Å². The van der Waals surface area contributed by atoms with Crippen molar-refractivity contribution in [2.45, 2.75) is 112 Å². The standard InChI is InChI=1S/C31H48N2O2/c1-28(2,3)20-31(10,11)33-27(35)32-25-15-13-12-14-22(25)17-16-21-18-23(29(4,5)6)26(34)24(19-21)30(7,8)9/h12-15,18-19,34H,16-17,20H2,1-11H3,(H2,32,33,35). The summed E-state index contributed by atoms with van der Waals surface area (Å²) < 4.78 is 0. The highest BCUT2D eigenvalue weighted by atomic mass is 16.3. The average molecular weight is 481 g/mol. The summed E-state index contributed by atoms with van der Waals surface area (Å²) in [5, 5.41) is 17.2. The van der Waals surface area contributed by atoms with Crippen LogP contribution in [0.4, 0.5) is 10.5 Å². The first-order valence-electron chi connectivity index (χ1n) is 12.8. The van der Waals surface area contributed by atoms with E-state index in [4.69, 9.17) is 0 Å². The summed E-state index contributed by atoms with van der Waals surface area (Å²) in [6, 6.07) is 12.1. The third-order valence-corrected chi connectivity index (χ3v) is 6.16. The molecule has 194 valence electrons. The van der Waals surface area contributed by atoms with Gasteiger partial charge >= 0.3 is 6.03 Å². The van der Waals surface area contributed by atoms with E-state index < -0.39 is 0 Å². The number of nitrogens with one attached hydrogen (secondary N) is 2. The van der Waals surface area contributed by atoms with Gasteiger partial charge in [0.05, 0.1) is 0 Å². The number of aryl methyl sites for hydroxylation is 2. The second-order valence-electron chi connectivity index (χ2n) is 13.9. The molecule has 35 heavy (non-hydrogen) atoms. The van der Waals surface area contributed by atoms with Crippen molar-refractivity contribution in [2.24, 2.45) is 5.41 Å². The monoisotopic (exact) mass is 480 g/mol. The SMILES string of the molecule is CC(C)(C)CC(C)(C)NC(=O)Nc1ccccc1CCc1cc(C(C)(C)C)c(O)c(C(C)(C)C)c1. The van der Waals surface area contributed by atoms with Gasteiger partial charge in [-0.1, -0.05) is 92.6 Å². The molecule has 0 aromatic heterocycles. The Hall–Kier alpha value is -2.49. The van der Waals surface area contributed by atoms with Crippen molar-refractivity contribution >= 4 is 11.7 Å². The van der Waals surface area contributed by atoms with E-state index in [-0.39, 0.29) is 27.8 Å². The molecule has 2 amide bonds. The van der Waals surface area contributed by atoms with Gasteiger partial charge in [-0.25, -0.2) is 4.79 Å². The maximum atomic E-state index is 12.8. The number of benzene rings is 2. The highest BCUT2D eigenvalue weighted by molar-refractivity contribution is 5.90. The number of anilines is 1. The van der Waals surface area contributed by atoms with Crippen molar-refractivity contribution in [1.29, 1.82) is 0 Å². The molecule has 2 aromatic rings. The molecule has 0 saturated heterocycles. The number of amides is 2. The van der Waals surface area contributed by atoms with Crippen molar-refractivity contribution in [3.05, 3.63) is 58.7 Å². The second-order valence-corrected chi connectivity index (χ2v) is 13.9. The third-order valence-electron chi connectivity index (χ3n) is 6.16. The molecule has 0 bridgehead atoms. The first-order valence-corrected chi connectivity index (χ1v) is 12.8. The van der Waals surface area contributed by atoms with Crippen LogP contribution in [0.2, 0.25) is 0 Å². The minimum Gasteiger partial charge on any atom is -0.507 e. The van der Waals surface area contributed by atoms with E-state index >= 15 is 0 Å². The van der Waals surface area contributed by atoms with Crippen LogP contribution in [0.5, 0.6) is 5.75 Å². The van der Waals surface area contributed by atoms with Gasteiger partial charge in [-0.05, 0) is 77.7 Å². The summed E-state index contributed by atoms with van der Waals surface area (Å²) in [7, 11) is 0. The van der Waals surface area contributed by atoms with Crippen molar-refractivity contribution in [1.82, 2.24) is 5.32 Å². The Labute approximate surface area is 213 Å².